The number of benzene rings is 2. The third-order valence-electron chi connectivity index (χ3n) is 5.69. The second kappa shape index (κ2) is 6.62. The van der Waals surface area contributed by atoms with Gasteiger partial charge in [-0.1, -0.05) is 42.5 Å². The summed E-state index contributed by atoms with van der Waals surface area (Å²) >= 11 is 0. The van der Waals surface area contributed by atoms with E-state index in [-0.39, 0.29) is 24.2 Å². The average molecular weight is 403 g/mol. The molecule has 5 rings (SSSR count). The first-order chi connectivity index (χ1) is 14.5. The van der Waals surface area contributed by atoms with Gasteiger partial charge in [0.15, 0.2) is 12.2 Å². The van der Waals surface area contributed by atoms with E-state index in [2.05, 4.69) is 0 Å². The zero-order valence-electron chi connectivity index (χ0n) is 16.6. The van der Waals surface area contributed by atoms with Crippen LogP contribution in [0.4, 0.5) is 10.5 Å². The Morgan fingerprint density at radius 1 is 1.03 bits per heavy atom. The number of rotatable bonds is 3. The van der Waals surface area contributed by atoms with Crippen LogP contribution in [0.5, 0.6) is 5.75 Å². The van der Waals surface area contributed by atoms with E-state index in [0.717, 1.165) is 11.3 Å². The Bertz CT molecular complexity index is 1100. The number of anilines is 1. The van der Waals surface area contributed by atoms with Gasteiger partial charge < -0.3 is 14.9 Å². The van der Waals surface area contributed by atoms with Crippen LogP contribution < -0.4 is 4.90 Å². The van der Waals surface area contributed by atoms with Crippen LogP contribution >= 0.6 is 0 Å². The van der Waals surface area contributed by atoms with Gasteiger partial charge in [-0.2, -0.15) is 0 Å². The predicted molar refractivity (Wildman–Crippen MR) is 111 cm³/mol. The van der Waals surface area contributed by atoms with E-state index >= 15 is 0 Å². The highest BCUT2D eigenvalue weighted by Gasteiger charge is 2.54. The summed E-state index contributed by atoms with van der Waals surface area (Å²) in [5.41, 5.74) is 2.29. The molecule has 1 saturated heterocycles. The van der Waals surface area contributed by atoms with E-state index < -0.39 is 12.2 Å². The van der Waals surface area contributed by atoms with Gasteiger partial charge in [-0.15, -0.1) is 0 Å². The number of imide groups is 1. The van der Waals surface area contributed by atoms with Crippen molar-refractivity contribution in [3.05, 3.63) is 72.1 Å². The van der Waals surface area contributed by atoms with E-state index in [1.165, 1.54) is 9.80 Å². The third kappa shape index (κ3) is 2.57. The molecule has 3 amide bonds. The van der Waals surface area contributed by atoms with Crippen LogP contribution in [0, 0.1) is 0 Å². The molecule has 30 heavy (non-hydrogen) atoms. The topological polar surface area (TPSA) is 79.7 Å². The highest BCUT2D eigenvalue weighted by atomic mass is 16.3. The fourth-order valence-corrected chi connectivity index (χ4v) is 4.22. The first-order valence-corrected chi connectivity index (χ1v) is 9.72. The SMILES string of the molecule is CC1=CN2C(=NC3C2C(=O)N(Cc2ccccc2)C(=O)N3C)N1c1ccccc1O. The lowest BCUT2D eigenvalue weighted by Gasteiger charge is -2.40. The number of phenols is 1. The van der Waals surface area contributed by atoms with Gasteiger partial charge in [-0.05, 0) is 24.6 Å². The van der Waals surface area contributed by atoms with E-state index in [0.29, 0.717) is 11.6 Å². The molecule has 0 saturated carbocycles. The minimum absolute atomic E-state index is 0.117. The molecule has 2 aromatic carbocycles. The normalized spacial score (nSPS) is 22.9. The third-order valence-corrected chi connectivity index (χ3v) is 5.69. The second-order valence-corrected chi connectivity index (χ2v) is 7.59. The van der Waals surface area contributed by atoms with Gasteiger partial charge in [0.1, 0.15) is 5.75 Å². The van der Waals surface area contributed by atoms with Gasteiger partial charge >= 0.3 is 6.03 Å². The van der Waals surface area contributed by atoms with Crippen molar-refractivity contribution in [3.63, 3.8) is 0 Å². The molecule has 8 heteroatoms. The van der Waals surface area contributed by atoms with E-state index in [4.69, 9.17) is 4.99 Å². The predicted octanol–water partition coefficient (Wildman–Crippen LogP) is 2.53. The summed E-state index contributed by atoms with van der Waals surface area (Å²) in [6.07, 6.45) is 1.22. The maximum Gasteiger partial charge on any atom is 0.328 e. The van der Waals surface area contributed by atoms with E-state index in [9.17, 15) is 14.7 Å². The summed E-state index contributed by atoms with van der Waals surface area (Å²) in [6, 6.07) is 15.4. The molecule has 2 atom stereocenters. The molecule has 0 aliphatic carbocycles. The Morgan fingerprint density at radius 2 is 1.73 bits per heavy atom. The molecule has 3 heterocycles. The van der Waals surface area contributed by atoms with Gasteiger partial charge in [0.25, 0.3) is 5.91 Å². The number of para-hydroxylation sites is 2. The van der Waals surface area contributed by atoms with Crippen molar-refractivity contribution in [1.29, 1.82) is 0 Å². The Labute approximate surface area is 173 Å². The Hall–Kier alpha value is -3.81. The first-order valence-electron chi connectivity index (χ1n) is 9.72. The lowest BCUT2D eigenvalue weighted by molar-refractivity contribution is -0.137. The number of phenolic OH excluding ortho intramolecular Hbond substituents is 1. The quantitative estimate of drug-likeness (QED) is 0.852. The summed E-state index contributed by atoms with van der Waals surface area (Å²) in [5, 5.41) is 10.3. The summed E-state index contributed by atoms with van der Waals surface area (Å²) < 4.78 is 0. The van der Waals surface area contributed by atoms with Gasteiger partial charge in [0.2, 0.25) is 5.96 Å². The number of carbonyl (C=O) groups is 2. The number of nitrogens with zero attached hydrogens (tertiary/aromatic N) is 5. The van der Waals surface area contributed by atoms with Crippen molar-refractivity contribution in [2.24, 2.45) is 4.99 Å². The van der Waals surface area contributed by atoms with Crippen molar-refractivity contribution in [2.75, 3.05) is 11.9 Å². The number of fused-ring (bicyclic) bond motifs is 3. The monoisotopic (exact) mass is 403 g/mol. The molecular formula is C22H21N5O3. The highest BCUT2D eigenvalue weighted by Crippen LogP contribution is 2.39. The molecule has 2 aromatic rings. The summed E-state index contributed by atoms with van der Waals surface area (Å²) in [4.78, 5) is 37.4. The molecule has 3 aliphatic rings. The number of guanidine groups is 1. The number of hydrogen-bond donors (Lipinski definition) is 1. The molecule has 0 aromatic heterocycles. The zero-order chi connectivity index (χ0) is 21.0. The molecule has 8 nitrogen and oxygen atoms in total. The second-order valence-electron chi connectivity index (χ2n) is 7.59. The number of hydrogen-bond acceptors (Lipinski definition) is 6. The van der Waals surface area contributed by atoms with Crippen LogP contribution in [0.15, 0.2) is 71.5 Å². The lowest BCUT2D eigenvalue weighted by Crippen LogP contribution is -2.63. The minimum atomic E-state index is -0.641. The molecule has 0 bridgehead atoms. The van der Waals surface area contributed by atoms with E-state index in [1.54, 1.807) is 35.0 Å². The first kappa shape index (κ1) is 18.2. The highest BCUT2D eigenvalue weighted by molar-refractivity contribution is 6.10. The zero-order valence-corrected chi connectivity index (χ0v) is 16.6. The molecule has 0 radical (unpaired) electrons. The van der Waals surface area contributed by atoms with Crippen LogP contribution in [0.25, 0.3) is 0 Å². The maximum atomic E-state index is 13.4. The van der Waals surface area contributed by atoms with Crippen LogP contribution in [0.3, 0.4) is 0 Å². The summed E-state index contributed by atoms with van der Waals surface area (Å²) in [7, 11) is 1.66. The van der Waals surface area contributed by atoms with Crippen molar-refractivity contribution in [3.8, 4) is 5.75 Å². The molecule has 1 N–H and O–H groups in total. The molecular weight excluding hydrogens is 382 g/mol. The number of urea groups is 1. The van der Waals surface area contributed by atoms with E-state index in [1.807, 2.05) is 49.5 Å². The summed E-state index contributed by atoms with van der Waals surface area (Å²) in [5.74, 6) is 0.360. The standard InChI is InChI=1S/C22H21N5O3/c1-14-12-25-18-19(23-21(25)27(14)16-10-6-7-11-17(16)28)24(2)22(30)26(20(18)29)13-15-8-4-3-5-9-15/h3-12,18-19,28H,13H2,1-2H3. The fraction of sp³-hybridized carbons (Fsp3) is 0.227. The molecule has 3 aliphatic heterocycles. The Morgan fingerprint density at radius 3 is 2.47 bits per heavy atom. The van der Waals surface area contributed by atoms with Gasteiger partial charge in [0, 0.05) is 18.9 Å². The van der Waals surface area contributed by atoms with Crippen molar-refractivity contribution >= 4 is 23.6 Å². The average Bonchev–Trinajstić information content (AvgIpc) is 3.26. The van der Waals surface area contributed by atoms with Gasteiger partial charge in [-0.25, -0.2) is 9.79 Å². The van der Waals surface area contributed by atoms with Gasteiger partial charge in [0.05, 0.1) is 12.2 Å². The molecule has 2 unspecified atom stereocenters. The fourth-order valence-electron chi connectivity index (χ4n) is 4.22. The van der Waals surface area contributed by atoms with Crippen LogP contribution in [-0.4, -0.2) is 57.0 Å². The van der Waals surface area contributed by atoms with Crippen LogP contribution in [-0.2, 0) is 11.3 Å². The number of aliphatic imine (C=N–C) groups is 1. The molecule has 152 valence electrons. The number of allylic oxidation sites excluding steroid dienone is 1. The maximum absolute atomic E-state index is 13.4. The van der Waals surface area contributed by atoms with Crippen LogP contribution in [0.2, 0.25) is 0 Å². The smallest absolute Gasteiger partial charge is 0.328 e. The van der Waals surface area contributed by atoms with Crippen molar-refractivity contribution < 1.29 is 14.7 Å². The largest absolute Gasteiger partial charge is 0.506 e. The number of amides is 3. The Balaban J connectivity index is 1.50. The molecule has 0 spiro atoms. The number of aromatic hydroxyl groups is 1. The Kier molecular flexibility index (Phi) is 4.02. The number of carbonyl (C=O) groups excluding carboxylic acids is 2. The van der Waals surface area contributed by atoms with Gasteiger partial charge in [-0.3, -0.25) is 14.6 Å². The number of likely N-dealkylation sites (N-methyl/N-ethyl adjacent to an activating group) is 1. The van der Waals surface area contributed by atoms with Crippen molar-refractivity contribution in [1.82, 2.24) is 14.7 Å². The van der Waals surface area contributed by atoms with Crippen molar-refractivity contribution in [2.45, 2.75) is 25.7 Å². The minimum Gasteiger partial charge on any atom is -0.506 e. The lowest BCUT2D eigenvalue weighted by atomic mass is 10.1. The summed E-state index contributed by atoms with van der Waals surface area (Å²) in [6.45, 7) is 2.10. The van der Waals surface area contributed by atoms with Crippen LogP contribution in [0.1, 0.15) is 12.5 Å². The molecule has 1 fully saturated rings.